The Bertz CT molecular complexity index is 727. The maximum Gasteiger partial charge on any atom is 0.408 e. The molecule has 0 spiro atoms. The van der Waals surface area contributed by atoms with Gasteiger partial charge in [0, 0.05) is 6.54 Å². The first kappa shape index (κ1) is 27.4. The molecule has 0 saturated heterocycles. The number of nitrogens with zero attached hydrogens (tertiary/aromatic N) is 1. The van der Waals surface area contributed by atoms with Crippen LogP contribution in [0.25, 0.3) is 0 Å². The molecule has 0 radical (unpaired) electrons. The van der Waals surface area contributed by atoms with Crippen LogP contribution in [0.3, 0.4) is 0 Å². The maximum absolute atomic E-state index is 13.6. The first-order chi connectivity index (χ1) is 15.1. The predicted molar refractivity (Wildman–Crippen MR) is 129 cm³/mol. The van der Waals surface area contributed by atoms with Gasteiger partial charge in [0.25, 0.3) is 0 Å². The first-order valence-electron chi connectivity index (χ1n) is 11.3. The molecular weight excluding hydrogens is 404 g/mol. The number of rotatable bonds is 13. The molecule has 0 bridgehead atoms. The van der Waals surface area contributed by atoms with Gasteiger partial charge in [0.05, 0.1) is 19.3 Å². The second kappa shape index (κ2) is 13.7. The summed E-state index contributed by atoms with van der Waals surface area (Å²) in [4.78, 5) is 27.8. The minimum Gasteiger partial charge on any atom is -0.444 e. The van der Waals surface area contributed by atoms with Gasteiger partial charge in [0.15, 0.2) is 0 Å². The molecule has 2 amide bonds. The van der Waals surface area contributed by atoms with Gasteiger partial charge in [-0.3, -0.25) is 4.79 Å². The molecule has 1 aromatic rings. The van der Waals surface area contributed by atoms with Crippen LogP contribution >= 0.6 is 0 Å². The lowest BCUT2D eigenvalue weighted by Gasteiger charge is -2.35. The number of amides is 2. The number of hydrogen-bond donors (Lipinski definition) is 1. The molecule has 0 unspecified atom stereocenters. The number of ether oxygens (including phenoxy) is 2. The zero-order valence-corrected chi connectivity index (χ0v) is 20.3. The van der Waals surface area contributed by atoms with Gasteiger partial charge in [-0.05, 0) is 38.7 Å². The van der Waals surface area contributed by atoms with Crippen molar-refractivity contribution in [3.63, 3.8) is 0 Å². The van der Waals surface area contributed by atoms with Crippen molar-refractivity contribution in [3.8, 4) is 0 Å². The molecule has 0 aliphatic carbocycles. The van der Waals surface area contributed by atoms with Crippen LogP contribution in [0.1, 0.15) is 53.0 Å². The molecule has 0 aliphatic heterocycles. The summed E-state index contributed by atoms with van der Waals surface area (Å²) in [6, 6.07) is 8.82. The van der Waals surface area contributed by atoms with Crippen molar-refractivity contribution in [2.75, 3.05) is 13.2 Å². The highest BCUT2D eigenvalue weighted by Crippen LogP contribution is 2.16. The lowest BCUT2D eigenvalue weighted by Crippen LogP contribution is -2.55. The van der Waals surface area contributed by atoms with Crippen LogP contribution in [-0.2, 0) is 20.9 Å². The van der Waals surface area contributed by atoms with Crippen molar-refractivity contribution >= 4 is 12.0 Å². The number of benzene rings is 1. The number of hydrogen-bond acceptors (Lipinski definition) is 4. The summed E-state index contributed by atoms with van der Waals surface area (Å²) in [7, 11) is 0. The van der Waals surface area contributed by atoms with E-state index in [1.165, 1.54) is 0 Å². The molecule has 0 saturated carbocycles. The average Bonchev–Trinajstić information content (AvgIpc) is 2.75. The highest BCUT2D eigenvalue weighted by molar-refractivity contribution is 5.86. The molecule has 6 nitrogen and oxygen atoms in total. The molecule has 1 N–H and O–H groups in total. The van der Waals surface area contributed by atoms with Gasteiger partial charge in [-0.25, -0.2) is 4.79 Å². The SMILES string of the molecule is C=CCCN(C(=O)[C@@H](NC(=O)OC(C)(C)C)[C@@H](C)CC)[C@H](C=C)COCc1ccccc1. The highest BCUT2D eigenvalue weighted by atomic mass is 16.6. The Labute approximate surface area is 193 Å². The molecule has 178 valence electrons. The normalized spacial score (nSPS) is 14.0. The summed E-state index contributed by atoms with van der Waals surface area (Å²) in [6.07, 6.45) is 4.23. The van der Waals surface area contributed by atoms with E-state index in [1.807, 2.05) is 44.2 Å². The van der Waals surface area contributed by atoms with Gasteiger partial charge in [0.2, 0.25) is 5.91 Å². The highest BCUT2D eigenvalue weighted by Gasteiger charge is 2.33. The third-order valence-electron chi connectivity index (χ3n) is 5.08. The summed E-state index contributed by atoms with van der Waals surface area (Å²) in [5.74, 6) is -0.253. The Morgan fingerprint density at radius 2 is 1.84 bits per heavy atom. The van der Waals surface area contributed by atoms with Crippen LogP contribution in [0.2, 0.25) is 0 Å². The molecule has 0 aromatic heterocycles. The Balaban J connectivity index is 2.98. The van der Waals surface area contributed by atoms with Crippen LogP contribution in [0, 0.1) is 5.92 Å². The Hall–Kier alpha value is -2.60. The van der Waals surface area contributed by atoms with Crippen molar-refractivity contribution < 1.29 is 19.1 Å². The van der Waals surface area contributed by atoms with Gasteiger partial charge in [0.1, 0.15) is 11.6 Å². The molecule has 6 heteroatoms. The standard InChI is InChI=1S/C26H40N2O4/c1-8-11-17-28(22(10-3)19-31-18-21-15-13-12-14-16-21)24(29)23(20(4)9-2)27-25(30)32-26(5,6)7/h8,10,12-16,20,22-23H,1,3,9,11,17-19H2,2,4-7H3,(H,27,30)/t20-,22+,23-/m0/s1. The van der Waals surface area contributed by atoms with Crippen molar-refractivity contribution in [1.29, 1.82) is 0 Å². The largest absolute Gasteiger partial charge is 0.444 e. The molecule has 0 aliphatic rings. The summed E-state index contributed by atoms with van der Waals surface area (Å²) >= 11 is 0. The second-order valence-corrected chi connectivity index (χ2v) is 8.92. The topological polar surface area (TPSA) is 67.9 Å². The number of carbonyl (C=O) groups excluding carboxylic acids is 2. The number of nitrogens with one attached hydrogen (secondary N) is 1. The van der Waals surface area contributed by atoms with E-state index in [0.717, 1.165) is 12.0 Å². The van der Waals surface area contributed by atoms with Crippen molar-refractivity contribution in [2.24, 2.45) is 5.92 Å². The molecule has 0 fully saturated rings. The zero-order chi connectivity index (χ0) is 24.1. The van der Waals surface area contributed by atoms with Crippen molar-refractivity contribution in [1.82, 2.24) is 10.2 Å². The monoisotopic (exact) mass is 444 g/mol. The molecular formula is C26H40N2O4. The molecule has 3 atom stereocenters. The fourth-order valence-corrected chi connectivity index (χ4v) is 3.12. The van der Waals surface area contributed by atoms with E-state index in [0.29, 0.717) is 26.2 Å². The fourth-order valence-electron chi connectivity index (χ4n) is 3.12. The molecule has 32 heavy (non-hydrogen) atoms. The van der Waals surface area contributed by atoms with E-state index in [4.69, 9.17) is 9.47 Å². The van der Waals surface area contributed by atoms with Crippen LogP contribution in [0.4, 0.5) is 4.79 Å². The van der Waals surface area contributed by atoms with Gasteiger partial charge < -0.3 is 19.7 Å². The van der Waals surface area contributed by atoms with E-state index >= 15 is 0 Å². The minimum absolute atomic E-state index is 0.0723. The molecule has 1 aromatic carbocycles. The van der Waals surface area contributed by atoms with Gasteiger partial charge in [-0.1, -0.05) is 62.8 Å². The van der Waals surface area contributed by atoms with E-state index in [2.05, 4.69) is 18.5 Å². The average molecular weight is 445 g/mol. The van der Waals surface area contributed by atoms with Crippen LogP contribution in [-0.4, -0.2) is 47.7 Å². The summed E-state index contributed by atoms with van der Waals surface area (Å²) in [5, 5.41) is 2.79. The smallest absolute Gasteiger partial charge is 0.408 e. The quantitative estimate of drug-likeness (QED) is 0.430. The molecule has 1 rings (SSSR count). The lowest BCUT2D eigenvalue weighted by atomic mass is 9.97. The van der Waals surface area contributed by atoms with E-state index in [9.17, 15) is 9.59 Å². The van der Waals surface area contributed by atoms with E-state index in [1.54, 1.807) is 37.8 Å². The van der Waals surface area contributed by atoms with Gasteiger partial charge >= 0.3 is 6.09 Å². The minimum atomic E-state index is -0.712. The zero-order valence-electron chi connectivity index (χ0n) is 20.3. The van der Waals surface area contributed by atoms with E-state index < -0.39 is 17.7 Å². The Morgan fingerprint density at radius 3 is 2.38 bits per heavy atom. The number of carbonyl (C=O) groups is 2. The van der Waals surface area contributed by atoms with Crippen LogP contribution in [0.15, 0.2) is 55.6 Å². The maximum atomic E-state index is 13.6. The first-order valence-corrected chi connectivity index (χ1v) is 11.3. The van der Waals surface area contributed by atoms with Gasteiger partial charge in [-0.2, -0.15) is 0 Å². The lowest BCUT2D eigenvalue weighted by molar-refractivity contribution is -0.137. The summed E-state index contributed by atoms with van der Waals surface area (Å²) in [5.41, 5.74) is 0.410. The Morgan fingerprint density at radius 1 is 1.19 bits per heavy atom. The fraction of sp³-hybridized carbons (Fsp3) is 0.538. The number of alkyl carbamates (subject to hydrolysis) is 1. The summed E-state index contributed by atoms with van der Waals surface area (Å²) < 4.78 is 11.3. The Kier molecular flexibility index (Phi) is 11.8. The van der Waals surface area contributed by atoms with Gasteiger partial charge in [-0.15, -0.1) is 13.2 Å². The summed E-state index contributed by atoms with van der Waals surface area (Å²) in [6.45, 7) is 18.2. The third-order valence-corrected chi connectivity index (χ3v) is 5.08. The second-order valence-electron chi connectivity index (χ2n) is 8.92. The van der Waals surface area contributed by atoms with Crippen molar-refractivity contribution in [3.05, 3.63) is 61.2 Å². The van der Waals surface area contributed by atoms with Crippen LogP contribution < -0.4 is 5.32 Å². The van der Waals surface area contributed by atoms with Crippen LogP contribution in [0.5, 0.6) is 0 Å². The third kappa shape index (κ3) is 9.69. The molecule has 0 heterocycles. The van der Waals surface area contributed by atoms with Crippen molar-refractivity contribution in [2.45, 2.75) is 71.8 Å². The van der Waals surface area contributed by atoms with E-state index in [-0.39, 0.29) is 17.9 Å². The predicted octanol–water partition coefficient (Wildman–Crippen LogP) is 5.10.